The molecular formula is C43H27N3O. The largest absolute Gasteiger partial charge is 0.455 e. The number of hydrogen-bond acceptors (Lipinski definition) is 4. The summed E-state index contributed by atoms with van der Waals surface area (Å²) in [5, 5.41) is 4.22. The molecule has 0 unspecified atom stereocenters. The van der Waals surface area contributed by atoms with Crippen molar-refractivity contribution < 1.29 is 4.42 Å². The highest BCUT2D eigenvalue weighted by Gasteiger charge is 2.21. The van der Waals surface area contributed by atoms with Crippen LogP contribution in [0.3, 0.4) is 0 Å². The Morgan fingerprint density at radius 3 is 1.68 bits per heavy atom. The van der Waals surface area contributed by atoms with E-state index in [9.17, 15) is 0 Å². The fourth-order valence-corrected chi connectivity index (χ4v) is 6.45. The van der Waals surface area contributed by atoms with Gasteiger partial charge >= 0.3 is 0 Å². The van der Waals surface area contributed by atoms with Gasteiger partial charge in [0.05, 0.1) is 0 Å². The molecule has 0 saturated carbocycles. The highest BCUT2D eigenvalue weighted by Crippen LogP contribution is 2.43. The van der Waals surface area contributed by atoms with Crippen LogP contribution >= 0.6 is 0 Å². The van der Waals surface area contributed by atoms with Gasteiger partial charge in [0.2, 0.25) is 0 Å². The van der Waals surface area contributed by atoms with Crippen molar-refractivity contribution in [2.75, 3.05) is 0 Å². The molecule has 0 atom stereocenters. The lowest BCUT2D eigenvalue weighted by Crippen LogP contribution is -2.00. The zero-order valence-electron chi connectivity index (χ0n) is 25.3. The van der Waals surface area contributed by atoms with Crippen molar-refractivity contribution in [3.8, 4) is 56.4 Å². The van der Waals surface area contributed by atoms with Crippen LogP contribution in [0.2, 0.25) is 0 Å². The fraction of sp³-hybridized carbons (Fsp3) is 0. The molecule has 0 aliphatic heterocycles. The lowest BCUT2D eigenvalue weighted by Gasteiger charge is -2.11. The molecule has 0 spiro atoms. The Morgan fingerprint density at radius 1 is 0.340 bits per heavy atom. The topological polar surface area (TPSA) is 51.8 Å². The van der Waals surface area contributed by atoms with Gasteiger partial charge in [0.15, 0.2) is 17.5 Å². The number of rotatable bonds is 5. The molecule has 9 rings (SSSR count). The Kier molecular flexibility index (Phi) is 6.43. The van der Waals surface area contributed by atoms with E-state index in [1.165, 1.54) is 0 Å². The van der Waals surface area contributed by atoms with Gasteiger partial charge in [-0.1, -0.05) is 140 Å². The number of benzene rings is 7. The molecule has 2 heterocycles. The van der Waals surface area contributed by atoms with Gasteiger partial charge in [-0.05, 0) is 46.3 Å². The molecule has 0 N–H and O–H groups in total. The SMILES string of the molecule is c1ccc(-c2cccc(-c3nc(-c4ccccc4)nc(-c4ccc(-c5ccccc5)c5oc6c7ccccc7ccc6c45)n3)c2)cc1. The monoisotopic (exact) mass is 601 g/mol. The zero-order valence-corrected chi connectivity index (χ0v) is 25.3. The minimum Gasteiger partial charge on any atom is -0.455 e. The van der Waals surface area contributed by atoms with Gasteiger partial charge in [0.1, 0.15) is 11.2 Å². The molecule has 220 valence electrons. The maximum absolute atomic E-state index is 6.84. The average molecular weight is 602 g/mol. The Bertz CT molecular complexity index is 2560. The fourth-order valence-electron chi connectivity index (χ4n) is 6.45. The summed E-state index contributed by atoms with van der Waals surface area (Å²) < 4.78 is 6.84. The predicted molar refractivity (Wildman–Crippen MR) is 192 cm³/mol. The molecule has 0 saturated heterocycles. The van der Waals surface area contributed by atoms with Gasteiger partial charge in [-0.25, -0.2) is 15.0 Å². The summed E-state index contributed by atoms with van der Waals surface area (Å²) in [7, 11) is 0. The Morgan fingerprint density at radius 2 is 0.915 bits per heavy atom. The van der Waals surface area contributed by atoms with Crippen molar-refractivity contribution in [3.63, 3.8) is 0 Å². The van der Waals surface area contributed by atoms with E-state index in [2.05, 4.69) is 121 Å². The maximum atomic E-state index is 6.84. The van der Waals surface area contributed by atoms with Crippen LogP contribution in [0.15, 0.2) is 168 Å². The van der Waals surface area contributed by atoms with Crippen molar-refractivity contribution in [2.45, 2.75) is 0 Å². The van der Waals surface area contributed by atoms with Gasteiger partial charge in [0, 0.05) is 38.4 Å². The molecule has 7 aromatic carbocycles. The number of hydrogen-bond donors (Lipinski definition) is 0. The van der Waals surface area contributed by atoms with E-state index in [0.717, 1.165) is 71.7 Å². The molecule has 47 heavy (non-hydrogen) atoms. The molecule has 2 aromatic heterocycles. The second-order valence-electron chi connectivity index (χ2n) is 11.6. The summed E-state index contributed by atoms with van der Waals surface area (Å²) in [6.07, 6.45) is 0. The number of fused-ring (bicyclic) bond motifs is 5. The van der Waals surface area contributed by atoms with Crippen molar-refractivity contribution in [2.24, 2.45) is 0 Å². The van der Waals surface area contributed by atoms with Crippen molar-refractivity contribution in [1.82, 2.24) is 15.0 Å². The first kappa shape index (κ1) is 27.0. The summed E-state index contributed by atoms with van der Waals surface area (Å²) in [4.78, 5) is 15.3. The van der Waals surface area contributed by atoms with Gasteiger partial charge in [-0.15, -0.1) is 0 Å². The van der Waals surface area contributed by atoms with Crippen LogP contribution in [0.4, 0.5) is 0 Å². The summed E-state index contributed by atoms with van der Waals surface area (Å²) in [5.74, 6) is 1.83. The smallest absolute Gasteiger partial charge is 0.164 e. The molecule has 0 aliphatic rings. The number of furan rings is 1. The Hall–Kier alpha value is -6.39. The molecule has 0 bridgehead atoms. The molecule has 4 nitrogen and oxygen atoms in total. The first-order chi connectivity index (χ1) is 23.3. The molecule has 4 heteroatoms. The summed E-state index contributed by atoms with van der Waals surface area (Å²) in [5.41, 5.74) is 8.78. The van der Waals surface area contributed by atoms with E-state index < -0.39 is 0 Å². The van der Waals surface area contributed by atoms with Crippen LogP contribution in [0.25, 0.3) is 89.1 Å². The molecule has 0 aliphatic carbocycles. The minimum atomic E-state index is 0.597. The molecule has 0 amide bonds. The normalized spacial score (nSPS) is 11.4. The van der Waals surface area contributed by atoms with Crippen molar-refractivity contribution in [3.05, 3.63) is 164 Å². The third-order valence-corrected chi connectivity index (χ3v) is 8.73. The molecular weight excluding hydrogens is 574 g/mol. The number of aromatic nitrogens is 3. The second-order valence-corrected chi connectivity index (χ2v) is 11.6. The quantitative estimate of drug-likeness (QED) is 0.197. The zero-order chi connectivity index (χ0) is 31.2. The maximum Gasteiger partial charge on any atom is 0.164 e. The number of nitrogens with zero attached hydrogens (tertiary/aromatic N) is 3. The average Bonchev–Trinajstić information content (AvgIpc) is 3.56. The standard InChI is InChI=1S/C43H27N3O/c1-4-13-28(14-5-1)32-20-12-21-33(27-32)42-44-41(31-18-8-3-9-19-31)45-43(46-42)37-26-25-35(29-15-6-2-7-16-29)40-38(37)36-24-23-30-17-10-11-22-34(30)39(36)47-40/h1-27H. The molecule has 0 fully saturated rings. The first-order valence-electron chi connectivity index (χ1n) is 15.7. The van der Waals surface area contributed by atoms with Gasteiger partial charge in [-0.3, -0.25) is 0 Å². The van der Waals surface area contributed by atoms with Crippen LogP contribution in [-0.4, -0.2) is 15.0 Å². The van der Waals surface area contributed by atoms with E-state index in [1.807, 2.05) is 42.5 Å². The predicted octanol–water partition coefficient (Wildman–Crippen LogP) is 11.3. The van der Waals surface area contributed by atoms with E-state index in [0.29, 0.717) is 17.5 Å². The van der Waals surface area contributed by atoms with Crippen LogP contribution in [0, 0.1) is 0 Å². The third-order valence-electron chi connectivity index (χ3n) is 8.73. The van der Waals surface area contributed by atoms with Gasteiger partial charge in [0.25, 0.3) is 0 Å². The van der Waals surface area contributed by atoms with Crippen molar-refractivity contribution >= 4 is 32.7 Å². The lowest BCUT2D eigenvalue weighted by atomic mass is 9.97. The van der Waals surface area contributed by atoms with E-state index in [1.54, 1.807) is 0 Å². The highest BCUT2D eigenvalue weighted by molar-refractivity contribution is 6.21. The molecule has 9 aromatic rings. The van der Waals surface area contributed by atoms with Crippen LogP contribution in [0.1, 0.15) is 0 Å². The minimum absolute atomic E-state index is 0.597. The van der Waals surface area contributed by atoms with Gasteiger partial charge < -0.3 is 4.42 Å². The lowest BCUT2D eigenvalue weighted by molar-refractivity contribution is 0.674. The Balaban J connectivity index is 1.33. The summed E-state index contributed by atoms with van der Waals surface area (Å²) in [6, 6.07) is 56.2. The van der Waals surface area contributed by atoms with Crippen LogP contribution < -0.4 is 0 Å². The highest BCUT2D eigenvalue weighted by atomic mass is 16.3. The third kappa shape index (κ3) is 4.75. The van der Waals surface area contributed by atoms with E-state index >= 15 is 0 Å². The van der Waals surface area contributed by atoms with Crippen molar-refractivity contribution in [1.29, 1.82) is 0 Å². The summed E-state index contributed by atoms with van der Waals surface area (Å²) >= 11 is 0. The van der Waals surface area contributed by atoms with E-state index in [-0.39, 0.29) is 0 Å². The van der Waals surface area contributed by atoms with Gasteiger partial charge in [-0.2, -0.15) is 0 Å². The Labute approximate surface area is 271 Å². The first-order valence-corrected chi connectivity index (χ1v) is 15.7. The summed E-state index contributed by atoms with van der Waals surface area (Å²) in [6.45, 7) is 0. The second kappa shape index (κ2) is 11.2. The van der Waals surface area contributed by atoms with E-state index in [4.69, 9.17) is 19.4 Å². The van der Waals surface area contributed by atoms with Crippen LogP contribution in [-0.2, 0) is 0 Å². The molecule has 0 radical (unpaired) electrons. The van der Waals surface area contributed by atoms with Crippen LogP contribution in [0.5, 0.6) is 0 Å².